The molecule has 0 radical (unpaired) electrons. The summed E-state index contributed by atoms with van der Waals surface area (Å²) in [4.78, 5) is 0. The minimum Gasteiger partial charge on any atom is -0.313 e. The smallest absolute Gasteiger partial charge is 0.0208 e. The van der Waals surface area contributed by atoms with Gasteiger partial charge >= 0.3 is 0 Å². The number of fused-ring (bicyclic) bond motifs is 1. The number of nitrogens with one attached hydrogen (secondary N) is 1. The van der Waals surface area contributed by atoms with Crippen LogP contribution >= 0.6 is 15.9 Å². The fraction of sp³-hybridized carbons (Fsp3) is 0.400. The summed E-state index contributed by atoms with van der Waals surface area (Å²) in [6.07, 6.45) is 2.46. The summed E-state index contributed by atoms with van der Waals surface area (Å²) in [5, 5.41) is 3.41. The van der Waals surface area contributed by atoms with Crippen LogP contribution in [0.1, 0.15) is 17.5 Å². The zero-order valence-corrected chi connectivity index (χ0v) is 8.52. The van der Waals surface area contributed by atoms with Crippen LogP contribution in [0.2, 0.25) is 0 Å². The van der Waals surface area contributed by atoms with E-state index in [2.05, 4.69) is 39.4 Å². The Morgan fingerprint density at radius 1 is 1.25 bits per heavy atom. The highest BCUT2D eigenvalue weighted by molar-refractivity contribution is 9.10. The summed E-state index contributed by atoms with van der Waals surface area (Å²) < 4.78 is 1.20. The molecule has 0 spiro atoms. The first-order chi connectivity index (χ1) is 5.86. The summed E-state index contributed by atoms with van der Waals surface area (Å²) in [7, 11) is 0. The van der Waals surface area contributed by atoms with Gasteiger partial charge in [-0.3, -0.25) is 0 Å². The lowest BCUT2D eigenvalue weighted by molar-refractivity contribution is 0.681. The van der Waals surface area contributed by atoms with Crippen molar-refractivity contribution in [2.45, 2.75) is 19.4 Å². The van der Waals surface area contributed by atoms with Crippen LogP contribution < -0.4 is 5.32 Å². The molecule has 0 fully saturated rings. The van der Waals surface area contributed by atoms with Crippen molar-refractivity contribution in [3.05, 3.63) is 33.8 Å². The minimum absolute atomic E-state index is 1.03. The molecule has 1 aromatic carbocycles. The van der Waals surface area contributed by atoms with Gasteiger partial charge in [0, 0.05) is 11.0 Å². The molecule has 1 nitrogen and oxygen atoms in total. The first-order valence-corrected chi connectivity index (χ1v) is 5.13. The lowest BCUT2D eigenvalue weighted by atomic mass is 10.0. The first kappa shape index (κ1) is 8.27. The number of hydrogen-bond donors (Lipinski definition) is 1. The van der Waals surface area contributed by atoms with Crippen molar-refractivity contribution >= 4 is 15.9 Å². The van der Waals surface area contributed by atoms with Crippen molar-refractivity contribution in [3.8, 4) is 0 Å². The zero-order valence-electron chi connectivity index (χ0n) is 6.94. The summed E-state index contributed by atoms with van der Waals surface area (Å²) >= 11 is 3.50. The molecule has 2 heteroatoms. The second-order valence-corrected chi connectivity index (χ2v) is 4.11. The highest BCUT2D eigenvalue weighted by Crippen LogP contribution is 2.19. The van der Waals surface area contributed by atoms with Crippen LogP contribution in [-0.2, 0) is 13.0 Å². The fourth-order valence-corrected chi connectivity index (χ4v) is 2.04. The normalized spacial score (nSPS) is 16.8. The predicted octanol–water partition coefficient (Wildman–Crippen LogP) is 2.48. The van der Waals surface area contributed by atoms with Crippen LogP contribution in [-0.4, -0.2) is 6.54 Å². The molecule has 0 saturated carbocycles. The second-order valence-electron chi connectivity index (χ2n) is 3.19. The van der Waals surface area contributed by atoms with E-state index in [0.717, 1.165) is 13.1 Å². The van der Waals surface area contributed by atoms with Gasteiger partial charge in [-0.15, -0.1) is 0 Å². The Morgan fingerprint density at radius 3 is 3.08 bits per heavy atom. The van der Waals surface area contributed by atoms with Crippen LogP contribution in [0.4, 0.5) is 0 Å². The van der Waals surface area contributed by atoms with E-state index in [1.807, 2.05) is 0 Å². The van der Waals surface area contributed by atoms with Crippen molar-refractivity contribution in [2.75, 3.05) is 6.54 Å². The molecule has 1 heterocycles. The third-order valence-electron chi connectivity index (χ3n) is 2.28. The third kappa shape index (κ3) is 1.70. The van der Waals surface area contributed by atoms with Gasteiger partial charge in [-0.25, -0.2) is 0 Å². The van der Waals surface area contributed by atoms with Gasteiger partial charge in [0.1, 0.15) is 0 Å². The molecular formula is C10H12BrN. The van der Waals surface area contributed by atoms with Gasteiger partial charge in [0.25, 0.3) is 0 Å². The second kappa shape index (κ2) is 3.58. The average Bonchev–Trinajstić information content (AvgIpc) is 2.28. The van der Waals surface area contributed by atoms with Crippen LogP contribution in [0.5, 0.6) is 0 Å². The molecule has 0 aliphatic carbocycles. The van der Waals surface area contributed by atoms with Gasteiger partial charge < -0.3 is 5.32 Å². The van der Waals surface area contributed by atoms with E-state index >= 15 is 0 Å². The van der Waals surface area contributed by atoms with Gasteiger partial charge in [0.05, 0.1) is 0 Å². The number of aryl methyl sites for hydroxylation is 1. The van der Waals surface area contributed by atoms with Crippen molar-refractivity contribution < 1.29 is 0 Å². The lowest BCUT2D eigenvalue weighted by Gasteiger charge is -2.04. The monoisotopic (exact) mass is 225 g/mol. The molecule has 0 unspecified atom stereocenters. The first-order valence-electron chi connectivity index (χ1n) is 4.34. The van der Waals surface area contributed by atoms with E-state index < -0.39 is 0 Å². The van der Waals surface area contributed by atoms with E-state index in [0.29, 0.717) is 0 Å². The maximum Gasteiger partial charge on any atom is 0.0208 e. The Balaban J connectivity index is 2.36. The van der Waals surface area contributed by atoms with E-state index in [-0.39, 0.29) is 0 Å². The molecule has 1 aromatic rings. The van der Waals surface area contributed by atoms with Crippen LogP contribution in [0.25, 0.3) is 0 Å². The van der Waals surface area contributed by atoms with Crippen molar-refractivity contribution in [3.63, 3.8) is 0 Å². The molecular weight excluding hydrogens is 214 g/mol. The van der Waals surface area contributed by atoms with Crippen molar-refractivity contribution in [1.29, 1.82) is 0 Å². The fourth-order valence-electron chi connectivity index (χ4n) is 1.63. The molecule has 0 amide bonds. The van der Waals surface area contributed by atoms with Crippen molar-refractivity contribution in [1.82, 2.24) is 5.32 Å². The molecule has 1 aliphatic rings. The van der Waals surface area contributed by atoms with Crippen LogP contribution in [0.3, 0.4) is 0 Å². The van der Waals surface area contributed by atoms with Gasteiger partial charge in [-0.1, -0.05) is 22.0 Å². The molecule has 0 atom stereocenters. The van der Waals surface area contributed by atoms with Gasteiger partial charge in [0.2, 0.25) is 0 Å². The topological polar surface area (TPSA) is 12.0 Å². The SMILES string of the molecule is Brc1ccc2c(c1)CCCNC2. The van der Waals surface area contributed by atoms with E-state index in [1.54, 1.807) is 0 Å². The molecule has 0 aromatic heterocycles. The Bertz CT molecular complexity index is 283. The maximum atomic E-state index is 3.50. The molecule has 64 valence electrons. The van der Waals surface area contributed by atoms with Crippen LogP contribution in [0, 0.1) is 0 Å². The summed E-state index contributed by atoms with van der Waals surface area (Å²) in [6, 6.07) is 6.56. The molecule has 1 N–H and O–H groups in total. The predicted molar refractivity (Wildman–Crippen MR) is 54.2 cm³/mol. The number of rotatable bonds is 0. The number of benzene rings is 1. The molecule has 2 rings (SSSR count). The average molecular weight is 226 g/mol. The number of halogens is 1. The number of hydrogen-bond acceptors (Lipinski definition) is 1. The standard InChI is InChI=1S/C10H12BrN/c11-10-4-3-9-7-12-5-1-2-8(9)6-10/h3-4,6,12H,1-2,5,7H2. The van der Waals surface area contributed by atoms with E-state index in [4.69, 9.17) is 0 Å². The highest BCUT2D eigenvalue weighted by Gasteiger charge is 2.06. The molecule has 0 saturated heterocycles. The minimum atomic E-state index is 1.03. The molecule has 1 aliphatic heterocycles. The Morgan fingerprint density at radius 2 is 2.17 bits per heavy atom. The maximum absolute atomic E-state index is 3.50. The van der Waals surface area contributed by atoms with Gasteiger partial charge in [-0.05, 0) is 42.6 Å². The van der Waals surface area contributed by atoms with Gasteiger partial charge in [0.15, 0.2) is 0 Å². The Hall–Kier alpha value is -0.340. The summed E-state index contributed by atoms with van der Waals surface area (Å²) in [5.74, 6) is 0. The zero-order chi connectivity index (χ0) is 8.39. The largest absolute Gasteiger partial charge is 0.313 e. The third-order valence-corrected chi connectivity index (χ3v) is 2.78. The summed E-state index contributed by atoms with van der Waals surface area (Å²) in [6.45, 7) is 2.18. The molecule has 12 heavy (non-hydrogen) atoms. The quantitative estimate of drug-likeness (QED) is 0.716. The van der Waals surface area contributed by atoms with E-state index in [9.17, 15) is 0 Å². The van der Waals surface area contributed by atoms with E-state index in [1.165, 1.54) is 28.4 Å². The summed E-state index contributed by atoms with van der Waals surface area (Å²) in [5.41, 5.74) is 2.95. The Labute approximate surface area is 81.3 Å². The molecule has 0 bridgehead atoms. The highest BCUT2D eigenvalue weighted by atomic mass is 79.9. The van der Waals surface area contributed by atoms with Gasteiger partial charge in [-0.2, -0.15) is 0 Å². The van der Waals surface area contributed by atoms with Crippen molar-refractivity contribution in [2.24, 2.45) is 0 Å². The Kier molecular flexibility index (Phi) is 2.47. The van der Waals surface area contributed by atoms with Crippen LogP contribution in [0.15, 0.2) is 22.7 Å². The lowest BCUT2D eigenvalue weighted by Crippen LogP contribution is -2.11.